The van der Waals surface area contributed by atoms with Crippen LogP contribution in [0.2, 0.25) is 5.02 Å². The van der Waals surface area contributed by atoms with E-state index in [1.165, 1.54) is 0 Å². The van der Waals surface area contributed by atoms with E-state index in [0.29, 0.717) is 11.1 Å². The van der Waals surface area contributed by atoms with E-state index in [-0.39, 0.29) is 0 Å². The van der Waals surface area contributed by atoms with Crippen molar-refractivity contribution in [3.63, 3.8) is 0 Å². The van der Waals surface area contributed by atoms with Crippen LogP contribution >= 0.6 is 27.5 Å². The first-order chi connectivity index (χ1) is 7.16. The number of halogens is 2. The van der Waals surface area contributed by atoms with Gasteiger partial charge in [0.1, 0.15) is 5.82 Å². The molecule has 0 bridgehead atoms. The summed E-state index contributed by atoms with van der Waals surface area (Å²) in [6.07, 6.45) is 1.69. The highest BCUT2D eigenvalue weighted by atomic mass is 79.9. The Balaban J connectivity index is 2.21. The van der Waals surface area contributed by atoms with Crippen LogP contribution in [-0.4, -0.2) is 30.7 Å². The van der Waals surface area contributed by atoms with Crippen molar-refractivity contribution in [2.45, 2.75) is 13.0 Å². The van der Waals surface area contributed by atoms with Gasteiger partial charge in [0.25, 0.3) is 0 Å². The van der Waals surface area contributed by atoms with Crippen molar-refractivity contribution >= 4 is 33.3 Å². The summed E-state index contributed by atoms with van der Waals surface area (Å²) in [5.74, 6) is 0.979. The third-order valence-corrected chi connectivity index (χ3v) is 3.25. The van der Waals surface area contributed by atoms with Crippen molar-refractivity contribution in [3.8, 4) is 0 Å². The molecule has 2 rings (SSSR count). The molecule has 0 aromatic carbocycles. The molecule has 1 aliphatic heterocycles. The second kappa shape index (κ2) is 4.68. The molecule has 0 radical (unpaired) electrons. The van der Waals surface area contributed by atoms with E-state index in [1.54, 1.807) is 6.20 Å². The fourth-order valence-corrected chi connectivity index (χ4v) is 2.65. The third-order valence-electron chi connectivity index (χ3n) is 2.46. The number of hydrogen-bond acceptors (Lipinski definition) is 3. The summed E-state index contributed by atoms with van der Waals surface area (Å²) in [6.45, 7) is 5.14. The highest BCUT2D eigenvalue weighted by Gasteiger charge is 2.18. The smallest absolute Gasteiger partial charge is 0.143 e. The molecule has 1 N–H and O–H groups in total. The Morgan fingerprint density at radius 2 is 2.47 bits per heavy atom. The van der Waals surface area contributed by atoms with E-state index in [2.05, 4.69) is 38.1 Å². The van der Waals surface area contributed by atoms with Gasteiger partial charge >= 0.3 is 0 Å². The molecule has 1 fully saturated rings. The lowest BCUT2D eigenvalue weighted by molar-refractivity contribution is 0.482. The molecule has 82 valence electrons. The quantitative estimate of drug-likeness (QED) is 0.860. The predicted molar refractivity (Wildman–Crippen MR) is 66.6 cm³/mol. The van der Waals surface area contributed by atoms with Gasteiger partial charge in [0.05, 0.1) is 9.50 Å². The summed E-state index contributed by atoms with van der Waals surface area (Å²) in [7, 11) is 0. The average Bonchev–Trinajstić information content (AvgIpc) is 2.17. The zero-order valence-corrected chi connectivity index (χ0v) is 10.8. The number of piperazine rings is 1. The number of rotatable bonds is 1. The van der Waals surface area contributed by atoms with E-state index < -0.39 is 0 Å². The van der Waals surface area contributed by atoms with Crippen molar-refractivity contribution in [3.05, 3.63) is 21.8 Å². The summed E-state index contributed by atoms with van der Waals surface area (Å²) in [5.41, 5.74) is 0. The molecule has 5 heteroatoms. The van der Waals surface area contributed by atoms with Gasteiger partial charge in [0.2, 0.25) is 0 Å². The van der Waals surface area contributed by atoms with Crippen molar-refractivity contribution < 1.29 is 0 Å². The zero-order valence-electron chi connectivity index (χ0n) is 8.50. The molecule has 0 saturated carbocycles. The van der Waals surface area contributed by atoms with Gasteiger partial charge in [-0.1, -0.05) is 11.6 Å². The molecule has 1 unspecified atom stereocenters. The normalized spacial score (nSPS) is 21.8. The Kier molecular flexibility index (Phi) is 3.49. The summed E-state index contributed by atoms with van der Waals surface area (Å²) in [6, 6.07) is 2.39. The second-order valence-electron chi connectivity index (χ2n) is 3.76. The molecular formula is C10H13BrClN3. The third kappa shape index (κ3) is 2.62. The van der Waals surface area contributed by atoms with E-state index in [0.717, 1.165) is 29.9 Å². The van der Waals surface area contributed by atoms with E-state index in [1.807, 2.05) is 6.07 Å². The standard InChI is InChI=1S/C10H13BrClN3/c1-7-6-15(3-2-13-7)10-9(11)4-8(12)5-14-10/h4-5,7,13H,2-3,6H2,1H3. The molecule has 1 aromatic heterocycles. The van der Waals surface area contributed by atoms with Crippen LogP contribution in [0.25, 0.3) is 0 Å². The number of hydrogen-bond donors (Lipinski definition) is 1. The molecule has 0 amide bonds. The lowest BCUT2D eigenvalue weighted by Gasteiger charge is -2.33. The first-order valence-corrected chi connectivity index (χ1v) is 6.13. The summed E-state index contributed by atoms with van der Waals surface area (Å²) >= 11 is 9.35. The maximum absolute atomic E-state index is 5.86. The predicted octanol–water partition coefficient (Wildman–Crippen LogP) is 2.30. The molecule has 1 saturated heterocycles. The minimum Gasteiger partial charge on any atom is -0.353 e. The first-order valence-electron chi connectivity index (χ1n) is 4.96. The first kappa shape index (κ1) is 11.2. The van der Waals surface area contributed by atoms with Crippen molar-refractivity contribution in [2.24, 2.45) is 0 Å². The molecule has 3 nitrogen and oxygen atoms in total. The maximum atomic E-state index is 5.86. The van der Waals surface area contributed by atoms with Crippen LogP contribution in [0, 0.1) is 0 Å². The molecule has 1 aliphatic rings. The van der Waals surface area contributed by atoms with Gasteiger partial charge in [-0.15, -0.1) is 0 Å². The van der Waals surface area contributed by atoms with Crippen molar-refractivity contribution in [2.75, 3.05) is 24.5 Å². The fourth-order valence-electron chi connectivity index (χ4n) is 1.76. The molecular weight excluding hydrogens is 277 g/mol. The van der Waals surface area contributed by atoms with Gasteiger partial charge in [0, 0.05) is 31.9 Å². The van der Waals surface area contributed by atoms with E-state index in [9.17, 15) is 0 Å². The minimum absolute atomic E-state index is 0.503. The minimum atomic E-state index is 0.503. The molecule has 2 heterocycles. The second-order valence-corrected chi connectivity index (χ2v) is 5.05. The topological polar surface area (TPSA) is 28.2 Å². The van der Waals surface area contributed by atoms with Gasteiger partial charge in [-0.05, 0) is 28.9 Å². The molecule has 15 heavy (non-hydrogen) atoms. The number of nitrogens with zero attached hydrogens (tertiary/aromatic N) is 2. The summed E-state index contributed by atoms with van der Waals surface area (Å²) < 4.78 is 0.962. The van der Waals surface area contributed by atoms with Crippen LogP contribution in [0.15, 0.2) is 16.7 Å². The van der Waals surface area contributed by atoms with E-state index in [4.69, 9.17) is 11.6 Å². The Morgan fingerprint density at radius 1 is 1.67 bits per heavy atom. The number of pyridine rings is 1. The fraction of sp³-hybridized carbons (Fsp3) is 0.500. The van der Waals surface area contributed by atoms with Crippen molar-refractivity contribution in [1.82, 2.24) is 10.3 Å². The van der Waals surface area contributed by atoms with Crippen LogP contribution < -0.4 is 10.2 Å². The number of aromatic nitrogens is 1. The summed E-state index contributed by atoms with van der Waals surface area (Å²) in [4.78, 5) is 6.62. The van der Waals surface area contributed by atoms with Crippen LogP contribution in [0.4, 0.5) is 5.82 Å². The van der Waals surface area contributed by atoms with Crippen LogP contribution in [0.5, 0.6) is 0 Å². The average molecular weight is 291 g/mol. The number of nitrogens with one attached hydrogen (secondary N) is 1. The molecule has 0 spiro atoms. The Hall–Kier alpha value is -0.320. The highest BCUT2D eigenvalue weighted by molar-refractivity contribution is 9.10. The number of anilines is 1. The summed E-state index contributed by atoms with van der Waals surface area (Å²) in [5, 5.41) is 4.06. The van der Waals surface area contributed by atoms with Gasteiger partial charge in [0.15, 0.2) is 0 Å². The van der Waals surface area contributed by atoms with E-state index >= 15 is 0 Å². The van der Waals surface area contributed by atoms with Gasteiger partial charge in [-0.2, -0.15) is 0 Å². The SMILES string of the molecule is CC1CN(c2ncc(Cl)cc2Br)CCN1. The molecule has 1 aromatic rings. The maximum Gasteiger partial charge on any atom is 0.143 e. The van der Waals surface area contributed by atoms with Crippen LogP contribution in [0.3, 0.4) is 0 Å². The van der Waals surface area contributed by atoms with Gasteiger partial charge in [-0.3, -0.25) is 0 Å². The lowest BCUT2D eigenvalue weighted by atomic mass is 10.2. The van der Waals surface area contributed by atoms with Gasteiger partial charge < -0.3 is 10.2 Å². The van der Waals surface area contributed by atoms with Crippen LogP contribution in [-0.2, 0) is 0 Å². The Morgan fingerprint density at radius 3 is 3.13 bits per heavy atom. The lowest BCUT2D eigenvalue weighted by Crippen LogP contribution is -2.49. The van der Waals surface area contributed by atoms with Crippen LogP contribution in [0.1, 0.15) is 6.92 Å². The zero-order chi connectivity index (χ0) is 10.8. The molecule has 1 atom stereocenters. The Labute approximate surface area is 103 Å². The van der Waals surface area contributed by atoms with Crippen molar-refractivity contribution in [1.29, 1.82) is 0 Å². The Bertz CT molecular complexity index is 359. The monoisotopic (exact) mass is 289 g/mol. The largest absolute Gasteiger partial charge is 0.353 e. The molecule has 0 aliphatic carbocycles. The highest BCUT2D eigenvalue weighted by Crippen LogP contribution is 2.26. The van der Waals surface area contributed by atoms with Gasteiger partial charge in [-0.25, -0.2) is 4.98 Å².